The van der Waals surface area contributed by atoms with Gasteiger partial charge in [-0.3, -0.25) is 0 Å². The molecule has 31 heavy (non-hydrogen) atoms. The molecule has 1 aliphatic heterocycles. The van der Waals surface area contributed by atoms with Crippen LogP contribution >= 0.6 is 0 Å². The number of para-hydroxylation sites is 1. The van der Waals surface area contributed by atoms with Gasteiger partial charge in [0.1, 0.15) is 0 Å². The molecule has 1 nitrogen and oxygen atoms in total. The van der Waals surface area contributed by atoms with Crippen LogP contribution < -0.4 is 15.7 Å². The zero-order chi connectivity index (χ0) is 20.4. The van der Waals surface area contributed by atoms with Crippen LogP contribution in [0.1, 0.15) is 5.56 Å². The Labute approximate surface area is 182 Å². The molecule has 2 aromatic heterocycles. The summed E-state index contributed by atoms with van der Waals surface area (Å²) >= 11 is 0. The van der Waals surface area contributed by atoms with E-state index in [1.807, 2.05) is 0 Å². The molecular formula is C29H21NSi. The standard InChI is InChI=1S/C29H21NSi/c1-3-11-22(12-4-1)31(23-13-5-2-6-14-23)20-21-10-9-17-26-24-15-7-8-16-25(24)27-18-19-28(31)30(27)29(21)26/h1-19H,20H2. The number of rotatable bonds is 2. The first-order valence-corrected chi connectivity index (χ1v) is 13.1. The van der Waals surface area contributed by atoms with Crippen LogP contribution in [-0.4, -0.2) is 12.5 Å². The van der Waals surface area contributed by atoms with Crippen molar-refractivity contribution in [1.29, 1.82) is 0 Å². The maximum Gasteiger partial charge on any atom is 0.173 e. The van der Waals surface area contributed by atoms with E-state index in [0.29, 0.717) is 0 Å². The third-order valence-corrected chi connectivity index (χ3v) is 12.0. The zero-order valence-corrected chi connectivity index (χ0v) is 18.1. The molecular weight excluding hydrogens is 390 g/mol. The van der Waals surface area contributed by atoms with E-state index in [1.165, 1.54) is 48.4 Å². The van der Waals surface area contributed by atoms with E-state index in [-0.39, 0.29) is 0 Å². The van der Waals surface area contributed by atoms with Crippen molar-refractivity contribution < 1.29 is 0 Å². The maximum atomic E-state index is 2.60. The van der Waals surface area contributed by atoms with Gasteiger partial charge in [-0.2, -0.15) is 0 Å². The average molecular weight is 412 g/mol. The maximum absolute atomic E-state index is 2.60. The second-order valence-corrected chi connectivity index (χ2v) is 12.4. The summed E-state index contributed by atoms with van der Waals surface area (Å²) < 4.78 is 2.60. The summed E-state index contributed by atoms with van der Waals surface area (Å²) in [5, 5.41) is 8.51. The molecule has 0 N–H and O–H groups in total. The smallest absolute Gasteiger partial charge is 0.173 e. The highest BCUT2D eigenvalue weighted by molar-refractivity contribution is 7.11. The monoisotopic (exact) mass is 411 g/mol. The van der Waals surface area contributed by atoms with Crippen molar-refractivity contribution in [3.05, 3.63) is 121 Å². The summed E-state index contributed by atoms with van der Waals surface area (Å²) in [5.41, 5.74) is 4.19. The Hall–Kier alpha value is -3.62. The molecule has 0 fully saturated rings. The fourth-order valence-corrected chi connectivity index (χ4v) is 10.7. The van der Waals surface area contributed by atoms with Crippen LogP contribution in [0.4, 0.5) is 0 Å². The highest BCUT2D eigenvalue weighted by Gasteiger charge is 2.44. The summed E-state index contributed by atoms with van der Waals surface area (Å²) in [7, 11) is -2.23. The predicted molar refractivity (Wildman–Crippen MR) is 134 cm³/mol. The Morgan fingerprint density at radius 2 is 1.13 bits per heavy atom. The minimum absolute atomic E-state index is 1.09. The Morgan fingerprint density at radius 1 is 0.516 bits per heavy atom. The molecule has 0 saturated carbocycles. The minimum atomic E-state index is -2.23. The Kier molecular flexibility index (Phi) is 3.42. The van der Waals surface area contributed by atoms with Gasteiger partial charge >= 0.3 is 0 Å². The van der Waals surface area contributed by atoms with Crippen LogP contribution in [0.15, 0.2) is 115 Å². The largest absolute Gasteiger partial charge is 0.316 e. The van der Waals surface area contributed by atoms with Crippen molar-refractivity contribution in [2.75, 3.05) is 0 Å². The summed E-state index contributed by atoms with van der Waals surface area (Å²) in [5.74, 6) is 0. The first-order valence-electron chi connectivity index (χ1n) is 10.9. The molecule has 0 saturated heterocycles. The highest BCUT2D eigenvalue weighted by Crippen LogP contribution is 2.35. The minimum Gasteiger partial charge on any atom is -0.316 e. The van der Waals surface area contributed by atoms with Crippen LogP contribution in [0.3, 0.4) is 0 Å². The molecule has 0 aliphatic carbocycles. The molecule has 0 bridgehead atoms. The highest BCUT2D eigenvalue weighted by atomic mass is 28.3. The lowest BCUT2D eigenvalue weighted by Crippen LogP contribution is -2.71. The number of pyridine rings is 1. The summed E-state index contributed by atoms with van der Waals surface area (Å²) in [6.07, 6.45) is 0. The van der Waals surface area contributed by atoms with Crippen LogP contribution in [0, 0.1) is 0 Å². The van der Waals surface area contributed by atoms with Gasteiger partial charge in [-0.15, -0.1) is 0 Å². The number of fused-ring (bicyclic) bond motifs is 3. The number of hydrogen-bond donors (Lipinski definition) is 0. The van der Waals surface area contributed by atoms with Crippen LogP contribution in [0.25, 0.3) is 27.2 Å². The quantitative estimate of drug-likeness (QED) is 0.284. The average Bonchev–Trinajstić information content (AvgIpc) is 3.31. The van der Waals surface area contributed by atoms with Crippen molar-refractivity contribution in [2.45, 2.75) is 6.04 Å². The lowest BCUT2D eigenvalue weighted by Gasteiger charge is -2.37. The van der Waals surface area contributed by atoms with E-state index >= 15 is 0 Å². The SMILES string of the molecule is c1ccc([Si]2(c3ccccc3)Cc3cccc4c5ccccc5c5ccc2n5c34)cc1. The Balaban J connectivity index is 1.73. The van der Waals surface area contributed by atoms with Gasteiger partial charge in [-0.1, -0.05) is 103 Å². The third-order valence-electron chi connectivity index (χ3n) is 7.14. The molecule has 0 radical (unpaired) electrons. The second-order valence-electron chi connectivity index (χ2n) is 8.61. The van der Waals surface area contributed by atoms with Crippen LogP contribution in [0.5, 0.6) is 0 Å². The first-order chi connectivity index (χ1) is 15.4. The van der Waals surface area contributed by atoms with Crippen molar-refractivity contribution in [3.63, 3.8) is 0 Å². The predicted octanol–water partition coefficient (Wildman–Crippen LogP) is 4.81. The molecule has 7 rings (SSSR count). The lowest BCUT2D eigenvalue weighted by atomic mass is 10.0. The molecule has 146 valence electrons. The normalized spacial score (nSPS) is 14.6. The summed E-state index contributed by atoms with van der Waals surface area (Å²) in [6, 6.07) is 44.1. The van der Waals surface area contributed by atoms with Crippen LogP contribution in [0.2, 0.25) is 0 Å². The molecule has 6 aromatic rings. The second kappa shape index (κ2) is 6.19. The lowest BCUT2D eigenvalue weighted by molar-refractivity contribution is 1.22. The molecule has 0 unspecified atom stereocenters. The Bertz CT molecular complexity index is 1560. The zero-order valence-electron chi connectivity index (χ0n) is 17.1. The van der Waals surface area contributed by atoms with Crippen molar-refractivity contribution in [2.24, 2.45) is 0 Å². The van der Waals surface area contributed by atoms with Gasteiger partial charge in [-0.05, 0) is 39.5 Å². The van der Waals surface area contributed by atoms with Gasteiger partial charge in [0.15, 0.2) is 8.07 Å². The van der Waals surface area contributed by atoms with Gasteiger partial charge in [-0.25, -0.2) is 0 Å². The van der Waals surface area contributed by atoms with E-state index in [0.717, 1.165) is 6.04 Å². The Morgan fingerprint density at radius 3 is 1.84 bits per heavy atom. The summed E-state index contributed by atoms with van der Waals surface area (Å²) in [4.78, 5) is 0. The topological polar surface area (TPSA) is 4.41 Å². The van der Waals surface area contributed by atoms with Gasteiger partial charge in [0, 0.05) is 16.1 Å². The molecule has 3 heterocycles. The molecule has 0 atom stereocenters. The van der Waals surface area contributed by atoms with Gasteiger partial charge in [0.25, 0.3) is 0 Å². The van der Waals surface area contributed by atoms with E-state index in [4.69, 9.17) is 0 Å². The van der Waals surface area contributed by atoms with Gasteiger partial charge < -0.3 is 4.40 Å². The first kappa shape index (κ1) is 17.1. The number of aromatic nitrogens is 1. The van der Waals surface area contributed by atoms with E-state index in [2.05, 4.69) is 120 Å². The molecule has 1 aliphatic rings. The fourth-order valence-electron chi connectivity index (χ4n) is 5.87. The van der Waals surface area contributed by atoms with E-state index in [9.17, 15) is 0 Å². The van der Waals surface area contributed by atoms with Crippen molar-refractivity contribution in [1.82, 2.24) is 4.40 Å². The van der Waals surface area contributed by atoms with E-state index < -0.39 is 8.07 Å². The number of nitrogens with zero attached hydrogens (tertiary/aromatic N) is 1. The number of hydrogen-bond acceptors (Lipinski definition) is 0. The third kappa shape index (κ3) is 2.15. The van der Waals surface area contributed by atoms with Crippen molar-refractivity contribution in [3.8, 4) is 0 Å². The molecule has 4 aromatic carbocycles. The molecule has 0 spiro atoms. The van der Waals surface area contributed by atoms with Crippen molar-refractivity contribution >= 4 is 51.0 Å². The molecule has 2 heteroatoms. The number of benzene rings is 4. The summed E-state index contributed by atoms with van der Waals surface area (Å²) in [6.45, 7) is 0. The van der Waals surface area contributed by atoms with Crippen LogP contribution in [-0.2, 0) is 6.04 Å². The molecule has 0 amide bonds. The van der Waals surface area contributed by atoms with Gasteiger partial charge in [0.2, 0.25) is 0 Å². The van der Waals surface area contributed by atoms with E-state index in [1.54, 1.807) is 0 Å². The van der Waals surface area contributed by atoms with Gasteiger partial charge in [0.05, 0.1) is 11.0 Å². The fraction of sp³-hybridized carbons (Fsp3) is 0.0345.